The van der Waals surface area contributed by atoms with Gasteiger partial charge in [-0.15, -0.1) is 0 Å². The van der Waals surface area contributed by atoms with Gasteiger partial charge in [0.1, 0.15) is 5.60 Å². The van der Waals surface area contributed by atoms with Crippen LogP contribution < -0.4 is 11.1 Å². The van der Waals surface area contributed by atoms with Gasteiger partial charge in [-0.05, 0) is 31.6 Å². The van der Waals surface area contributed by atoms with E-state index in [0.29, 0.717) is 6.04 Å². The Balaban J connectivity index is 1.52. The summed E-state index contributed by atoms with van der Waals surface area (Å²) < 4.78 is 11.8. The number of hydrogen-bond acceptors (Lipinski definition) is 5. The maximum Gasteiger partial charge on any atom is 0.116 e. The van der Waals surface area contributed by atoms with Crippen LogP contribution in [0.3, 0.4) is 0 Å². The number of ether oxygens (including phenoxy) is 2. The average Bonchev–Trinajstić information content (AvgIpc) is 2.67. The monoisotopic (exact) mass is 283 g/mol. The van der Waals surface area contributed by atoms with E-state index in [1.807, 2.05) is 0 Å². The summed E-state index contributed by atoms with van der Waals surface area (Å²) in [6, 6.07) is 0.446. The molecule has 20 heavy (non-hydrogen) atoms. The third-order valence-electron chi connectivity index (χ3n) is 4.97. The molecule has 2 heterocycles. The fourth-order valence-electron chi connectivity index (χ4n) is 3.78. The lowest BCUT2D eigenvalue weighted by atomic mass is 9.86. The van der Waals surface area contributed by atoms with Crippen molar-refractivity contribution in [1.82, 2.24) is 10.2 Å². The standard InChI is InChI=1S/C15H29N3O2/c16-14-3-1-13(2-4-14)9-18-6-8-20-15(11-18)10-17-5-7-19-12-15/h13-14,17H,1-12,16H2/t13?,14?,15-/m1/s1. The molecule has 1 aliphatic carbocycles. The van der Waals surface area contributed by atoms with Crippen molar-refractivity contribution in [1.29, 1.82) is 0 Å². The minimum atomic E-state index is -0.125. The minimum Gasteiger partial charge on any atom is -0.377 e. The van der Waals surface area contributed by atoms with Crippen molar-refractivity contribution in [3.63, 3.8) is 0 Å². The van der Waals surface area contributed by atoms with E-state index in [4.69, 9.17) is 15.2 Å². The largest absolute Gasteiger partial charge is 0.377 e. The van der Waals surface area contributed by atoms with E-state index in [1.54, 1.807) is 0 Å². The van der Waals surface area contributed by atoms with Crippen LogP contribution in [0.15, 0.2) is 0 Å². The van der Waals surface area contributed by atoms with Crippen LogP contribution in [0.25, 0.3) is 0 Å². The first-order valence-corrected chi connectivity index (χ1v) is 8.16. The zero-order valence-electron chi connectivity index (χ0n) is 12.5. The Kier molecular flexibility index (Phi) is 4.94. The van der Waals surface area contributed by atoms with Gasteiger partial charge in [0.15, 0.2) is 0 Å². The van der Waals surface area contributed by atoms with Gasteiger partial charge < -0.3 is 20.5 Å². The molecule has 3 rings (SSSR count). The summed E-state index contributed by atoms with van der Waals surface area (Å²) in [6.07, 6.45) is 4.98. The molecule has 3 aliphatic rings. The Hall–Kier alpha value is -0.200. The third kappa shape index (κ3) is 3.71. The zero-order chi connectivity index (χ0) is 13.8. The zero-order valence-corrected chi connectivity index (χ0v) is 12.5. The van der Waals surface area contributed by atoms with Crippen molar-refractivity contribution in [2.75, 3.05) is 52.5 Å². The average molecular weight is 283 g/mol. The van der Waals surface area contributed by atoms with Gasteiger partial charge in [-0.25, -0.2) is 0 Å². The number of nitrogens with two attached hydrogens (primary N) is 1. The Morgan fingerprint density at radius 2 is 2.05 bits per heavy atom. The Morgan fingerprint density at radius 1 is 1.20 bits per heavy atom. The Morgan fingerprint density at radius 3 is 2.90 bits per heavy atom. The summed E-state index contributed by atoms with van der Waals surface area (Å²) in [6.45, 7) is 7.48. The van der Waals surface area contributed by atoms with E-state index in [9.17, 15) is 0 Å². The smallest absolute Gasteiger partial charge is 0.116 e. The van der Waals surface area contributed by atoms with Crippen LogP contribution in [-0.4, -0.2) is 69.1 Å². The number of morpholine rings is 1. The van der Waals surface area contributed by atoms with E-state index in [2.05, 4.69) is 10.2 Å². The molecule has 3 fully saturated rings. The molecule has 0 bridgehead atoms. The number of nitrogens with zero attached hydrogens (tertiary/aromatic N) is 1. The molecule has 0 amide bonds. The Labute approximate surface area is 122 Å². The molecule has 5 heteroatoms. The van der Waals surface area contributed by atoms with Crippen LogP contribution in [0.5, 0.6) is 0 Å². The van der Waals surface area contributed by atoms with Crippen LogP contribution >= 0.6 is 0 Å². The maximum atomic E-state index is 6.07. The first kappa shape index (κ1) is 14.7. The van der Waals surface area contributed by atoms with Crippen LogP contribution in [0.4, 0.5) is 0 Å². The highest BCUT2D eigenvalue weighted by molar-refractivity contribution is 4.92. The molecule has 0 unspecified atom stereocenters. The summed E-state index contributed by atoms with van der Waals surface area (Å²) in [4.78, 5) is 2.58. The molecule has 2 saturated heterocycles. The summed E-state index contributed by atoms with van der Waals surface area (Å²) in [5.74, 6) is 0.824. The van der Waals surface area contributed by atoms with Gasteiger partial charge in [-0.1, -0.05) is 0 Å². The Bertz CT molecular complexity index is 297. The molecule has 116 valence electrons. The first-order valence-electron chi connectivity index (χ1n) is 8.16. The van der Waals surface area contributed by atoms with Gasteiger partial charge in [0.25, 0.3) is 0 Å². The van der Waals surface area contributed by atoms with Gasteiger partial charge in [0.05, 0.1) is 19.8 Å². The van der Waals surface area contributed by atoms with E-state index in [0.717, 1.165) is 51.9 Å². The fraction of sp³-hybridized carbons (Fsp3) is 1.00. The van der Waals surface area contributed by atoms with E-state index < -0.39 is 0 Å². The van der Waals surface area contributed by atoms with Crippen molar-refractivity contribution in [2.24, 2.45) is 11.7 Å². The molecule has 3 N–H and O–H groups in total. The van der Waals surface area contributed by atoms with Crippen molar-refractivity contribution < 1.29 is 9.47 Å². The molecule has 0 radical (unpaired) electrons. The second-order valence-corrected chi connectivity index (χ2v) is 6.78. The van der Waals surface area contributed by atoms with Crippen LogP contribution in [0.2, 0.25) is 0 Å². The van der Waals surface area contributed by atoms with Gasteiger partial charge in [-0.2, -0.15) is 0 Å². The molecule has 1 atom stereocenters. The van der Waals surface area contributed by atoms with Crippen molar-refractivity contribution in [2.45, 2.75) is 37.3 Å². The number of rotatable bonds is 2. The quantitative estimate of drug-likeness (QED) is 0.758. The lowest BCUT2D eigenvalue weighted by molar-refractivity contribution is -0.136. The van der Waals surface area contributed by atoms with Crippen LogP contribution in [-0.2, 0) is 9.47 Å². The van der Waals surface area contributed by atoms with Gasteiger partial charge in [0.2, 0.25) is 0 Å². The second-order valence-electron chi connectivity index (χ2n) is 6.78. The predicted octanol–water partition coefficient (Wildman–Crippen LogP) is 0.195. The van der Waals surface area contributed by atoms with Gasteiger partial charge in [-0.3, -0.25) is 4.90 Å². The molecule has 0 aromatic heterocycles. The summed E-state index contributed by atoms with van der Waals surface area (Å²) in [5, 5.41) is 3.44. The lowest BCUT2D eigenvalue weighted by Crippen LogP contribution is -2.58. The van der Waals surface area contributed by atoms with E-state index in [1.165, 1.54) is 32.2 Å². The summed E-state index contributed by atoms with van der Waals surface area (Å²) in [5.41, 5.74) is 5.88. The SMILES string of the molecule is NC1CCC(CN2CCO[C@]3(CNCCOC3)C2)CC1. The normalized spacial score (nSPS) is 40.6. The molecular weight excluding hydrogens is 254 g/mol. The van der Waals surface area contributed by atoms with Crippen LogP contribution in [0, 0.1) is 5.92 Å². The highest BCUT2D eigenvalue weighted by Gasteiger charge is 2.38. The highest BCUT2D eigenvalue weighted by atomic mass is 16.5. The maximum absolute atomic E-state index is 6.07. The van der Waals surface area contributed by atoms with Crippen molar-refractivity contribution >= 4 is 0 Å². The summed E-state index contributed by atoms with van der Waals surface area (Å²) in [7, 11) is 0. The van der Waals surface area contributed by atoms with Crippen molar-refractivity contribution in [3.8, 4) is 0 Å². The molecule has 2 aliphatic heterocycles. The van der Waals surface area contributed by atoms with Gasteiger partial charge >= 0.3 is 0 Å². The van der Waals surface area contributed by atoms with E-state index >= 15 is 0 Å². The van der Waals surface area contributed by atoms with Crippen LogP contribution in [0.1, 0.15) is 25.7 Å². The topological polar surface area (TPSA) is 59.8 Å². The van der Waals surface area contributed by atoms with E-state index in [-0.39, 0.29) is 5.60 Å². The van der Waals surface area contributed by atoms with Gasteiger partial charge in [0, 0.05) is 38.8 Å². The number of hydrogen-bond donors (Lipinski definition) is 2. The number of nitrogens with one attached hydrogen (secondary N) is 1. The molecular formula is C15H29N3O2. The molecule has 1 saturated carbocycles. The highest BCUT2D eigenvalue weighted by Crippen LogP contribution is 2.26. The molecule has 1 spiro atoms. The molecule has 0 aromatic carbocycles. The third-order valence-corrected chi connectivity index (χ3v) is 4.97. The molecule has 0 aromatic rings. The lowest BCUT2D eigenvalue weighted by Gasteiger charge is -2.43. The summed E-state index contributed by atoms with van der Waals surface area (Å²) >= 11 is 0. The first-order chi connectivity index (χ1) is 9.76. The fourth-order valence-corrected chi connectivity index (χ4v) is 3.78. The minimum absolute atomic E-state index is 0.125. The molecule has 5 nitrogen and oxygen atoms in total. The van der Waals surface area contributed by atoms with Crippen molar-refractivity contribution in [3.05, 3.63) is 0 Å². The second kappa shape index (κ2) is 6.71. The predicted molar refractivity (Wildman–Crippen MR) is 78.7 cm³/mol.